The van der Waals surface area contributed by atoms with Crippen LogP contribution in [0.15, 0.2) is 36.7 Å². The van der Waals surface area contributed by atoms with Gasteiger partial charge in [0.1, 0.15) is 5.75 Å². The highest BCUT2D eigenvalue weighted by atomic mass is 35.5. The maximum atomic E-state index is 12.1. The number of aromatic hydroxyl groups is 1. The van der Waals surface area contributed by atoms with Crippen LogP contribution in [0.2, 0.25) is 5.02 Å². The third kappa shape index (κ3) is 3.42. The second-order valence-electron chi connectivity index (χ2n) is 8.73. The van der Waals surface area contributed by atoms with E-state index in [1.807, 2.05) is 12.1 Å². The van der Waals surface area contributed by atoms with Gasteiger partial charge in [-0.2, -0.15) is 0 Å². The number of pyridine rings is 1. The maximum absolute atomic E-state index is 12.1. The molecule has 2 N–H and O–H groups in total. The number of aliphatic hydroxyl groups is 1. The molecule has 5 atom stereocenters. The molecule has 2 fully saturated rings. The Hall–Kier alpha value is -1.65. The van der Waals surface area contributed by atoms with Crippen LogP contribution in [0.4, 0.5) is 4.39 Å². The number of benzene rings is 1. The molecular formula is C23H27ClFNO2. The van der Waals surface area contributed by atoms with E-state index >= 15 is 0 Å². The summed E-state index contributed by atoms with van der Waals surface area (Å²) in [6.45, 7) is 2.32. The molecule has 3 nitrogen and oxygen atoms in total. The first kappa shape index (κ1) is 19.7. The van der Waals surface area contributed by atoms with E-state index in [2.05, 4.69) is 18.0 Å². The van der Waals surface area contributed by atoms with Crippen molar-refractivity contribution in [2.24, 2.45) is 17.3 Å². The van der Waals surface area contributed by atoms with E-state index in [0.29, 0.717) is 17.6 Å². The predicted molar refractivity (Wildman–Crippen MR) is 108 cm³/mol. The van der Waals surface area contributed by atoms with Crippen LogP contribution in [0.25, 0.3) is 0 Å². The van der Waals surface area contributed by atoms with E-state index in [1.54, 1.807) is 0 Å². The van der Waals surface area contributed by atoms with Gasteiger partial charge in [0.2, 0.25) is 0 Å². The number of halogens is 2. The van der Waals surface area contributed by atoms with Crippen molar-refractivity contribution < 1.29 is 14.6 Å². The Bertz CT molecular complexity index is 839. The zero-order valence-electron chi connectivity index (χ0n) is 16.1. The number of aliphatic hydroxyl groups excluding tert-OH is 1. The predicted octanol–water partition coefficient (Wildman–Crippen LogP) is 5.48. The second kappa shape index (κ2) is 7.64. The molecule has 1 aromatic carbocycles. The van der Waals surface area contributed by atoms with E-state index in [0.717, 1.165) is 31.4 Å². The molecule has 1 aromatic heterocycles. The first-order valence-corrected chi connectivity index (χ1v) is 10.5. The molecule has 0 aliphatic heterocycles. The van der Waals surface area contributed by atoms with Gasteiger partial charge in [-0.3, -0.25) is 4.98 Å². The molecular weight excluding hydrogens is 377 g/mol. The number of fused-ring (bicyclic) bond motifs is 5. The number of phenolic OH excluding ortho intramolecular Hbond substituents is 1. The lowest BCUT2D eigenvalue weighted by molar-refractivity contribution is -0.0226. The molecule has 2 aromatic rings. The summed E-state index contributed by atoms with van der Waals surface area (Å²) in [5.74, 6) is 2.01. The zero-order chi connectivity index (χ0) is 19.9. The van der Waals surface area contributed by atoms with E-state index in [-0.39, 0.29) is 16.5 Å². The van der Waals surface area contributed by atoms with Crippen molar-refractivity contribution in [3.63, 3.8) is 0 Å². The van der Waals surface area contributed by atoms with Gasteiger partial charge in [-0.1, -0.05) is 24.6 Å². The first-order chi connectivity index (χ1) is 13.4. The lowest BCUT2D eigenvalue weighted by Crippen LogP contribution is -2.43. The molecule has 3 aliphatic rings. The summed E-state index contributed by atoms with van der Waals surface area (Å²) in [7, 11) is 0. The van der Waals surface area contributed by atoms with Crippen molar-refractivity contribution >= 4 is 11.6 Å². The molecule has 0 amide bonds. The van der Waals surface area contributed by atoms with Gasteiger partial charge in [0.05, 0.1) is 17.3 Å². The summed E-state index contributed by atoms with van der Waals surface area (Å²) < 4.78 is 12.1. The summed E-state index contributed by atoms with van der Waals surface area (Å²) in [6, 6.07) is 7.35. The number of hydrogen-bond donors (Lipinski definition) is 2. The number of aryl methyl sites for hydroxylation is 1. The number of aromatic nitrogens is 1. The highest BCUT2D eigenvalue weighted by Gasteiger charge is 2.54. The molecule has 1 heterocycles. The van der Waals surface area contributed by atoms with Crippen molar-refractivity contribution in [3.05, 3.63) is 58.6 Å². The molecule has 0 saturated heterocycles. The minimum absolute atomic E-state index is 0.0883. The Kier molecular flexibility index (Phi) is 5.36. The highest BCUT2D eigenvalue weighted by Crippen LogP contribution is 2.60. The average molecular weight is 404 g/mol. The van der Waals surface area contributed by atoms with Crippen LogP contribution in [0.3, 0.4) is 0 Å². The second-order valence-corrected chi connectivity index (χ2v) is 9.13. The van der Waals surface area contributed by atoms with Crippen LogP contribution in [0.1, 0.15) is 56.1 Å². The van der Waals surface area contributed by atoms with Crippen LogP contribution < -0.4 is 0 Å². The number of hydrogen-bond acceptors (Lipinski definition) is 3. The van der Waals surface area contributed by atoms with Crippen molar-refractivity contribution in [1.29, 1.82) is 0 Å². The molecule has 5 rings (SSSR count). The normalized spacial score (nSPS) is 33.1. The van der Waals surface area contributed by atoms with Crippen LogP contribution in [-0.2, 0) is 6.42 Å². The summed E-state index contributed by atoms with van der Waals surface area (Å²) >= 11 is 5.29. The van der Waals surface area contributed by atoms with E-state index in [9.17, 15) is 14.6 Å². The fraction of sp³-hybridized carbons (Fsp3) is 0.522. The molecule has 3 aliphatic carbocycles. The van der Waals surface area contributed by atoms with Gasteiger partial charge in [-0.25, -0.2) is 4.39 Å². The van der Waals surface area contributed by atoms with Gasteiger partial charge in [0.15, 0.2) is 5.82 Å². The molecule has 0 unspecified atom stereocenters. The quantitative estimate of drug-likeness (QED) is 0.612. The van der Waals surface area contributed by atoms with Gasteiger partial charge in [-0.15, -0.1) is 0 Å². The lowest BCUT2D eigenvalue weighted by atomic mass is 9.55. The molecule has 0 spiro atoms. The summed E-state index contributed by atoms with van der Waals surface area (Å²) in [4.78, 5) is 3.49. The molecule has 28 heavy (non-hydrogen) atoms. The van der Waals surface area contributed by atoms with Crippen LogP contribution in [-0.4, -0.2) is 21.3 Å². The highest BCUT2D eigenvalue weighted by molar-refractivity contribution is 6.30. The van der Waals surface area contributed by atoms with Crippen molar-refractivity contribution in [2.75, 3.05) is 0 Å². The minimum Gasteiger partial charge on any atom is -0.508 e. The van der Waals surface area contributed by atoms with Crippen molar-refractivity contribution in [2.45, 2.75) is 57.5 Å². The SMILES string of the molecule is C[C@]12CC[C@@H]3c4ccc(O)cc4CC[C@H]3[C@@H]1CC[C@@H]2O.Fc1cnccc1Cl. The lowest BCUT2D eigenvalue weighted by Gasteiger charge is -2.50. The van der Waals surface area contributed by atoms with Gasteiger partial charge in [0.25, 0.3) is 0 Å². The fourth-order valence-corrected chi connectivity index (χ4v) is 6.00. The minimum atomic E-state index is -0.478. The Labute approximate surface area is 170 Å². The van der Waals surface area contributed by atoms with E-state index in [4.69, 9.17) is 11.6 Å². The molecule has 0 bridgehead atoms. The van der Waals surface area contributed by atoms with Crippen molar-refractivity contribution in [1.82, 2.24) is 4.98 Å². The summed E-state index contributed by atoms with van der Waals surface area (Å²) in [6.07, 6.45) is 9.29. The third-order valence-corrected chi connectivity index (χ3v) is 7.69. The molecule has 150 valence electrons. The topological polar surface area (TPSA) is 53.4 Å². The molecule has 2 saturated carbocycles. The summed E-state index contributed by atoms with van der Waals surface area (Å²) in [5.41, 5.74) is 2.99. The molecule has 0 radical (unpaired) electrons. The first-order valence-electron chi connectivity index (χ1n) is 10.1. The smallest absolute Gasteiger partial charge is 0.160 e. The standard InChI is InChI=1S/C18H24O2.C5H3ClFN/c1-18-9-8-14-13-5-3-12(19)10-11(13)2-4-15(14)16(18)6-7-17(18)20;6-4-1-2-8-3-5(4)7/h3,5,10,14-17,19-20H,2,4,6-9H2,1H3;1-3H/t14-,15-,16+,17+,18+;/m1./s1. The average Bonchev–Trinajstić information content (AvgIpc) is 2.99. The number of nitrogens with zero attached hydrogens (tertiary/aromatic N) is 1. The van der Waals surface area contributed by atoms with E-state index < -0.39 is 5.82 Å². The Morgan fingerprint density at radius 2 is 2.00 bits per heavy atom. The Morgan fingerprint density at radius 3 is 2.71 bits per heavy atom. The van der Waals surface area contributed by atoms with Crippen molar-refractivity contribution in [3.8, 4) is 5.75 Å². The van der Waals surface area contributed by atoms with Crippen LogP contribution in [0, 0.1) is 23.1 Å². The largest absolute Gasteiger partial charge is 0.508 e. The van der Waals surface area contributed by atoms with Gasteiger partial charge < -0.3 is 10.2 Å². The van der Waals surface area contributed by atoms with Gasteiger partial charge in [-0.05, 0) is 91.0 Å². The van der Waals surface area contributed by atoms with Crippen LogP contribution in [0.5, 0.6) is 5.75 Å². The molecule has 5 heteroatoms. The maximum Gasteiger partial charge on any atom is 0.160 e. The number of phenols is 1. The van der Waals surface area contributed by atoms with Crippen LogP contribution >= 0.6 is 11.6 Å². The van der Waals surface area contributed by atoms with Gasteiger partial charge >= 0.3 is 0 Å². The number of rotatable bonds is 0. The zero-order valence-corrected chi connectivity index (χ0v) is 16.9. The summed E-state index contributed by atoms with van der Waals surface area (Å²) in [5, 5.41) is 20.2. The Balaban J connectivity index is 0.000000203. The van der Waals surface area contributed by atoms with E-state index in [1.165, 1.54) is 42.7 Å². The van der Waals surface area contributed by atoms with Gasteiger partial charge in [0, 0.05) is 6.20 Å². The fourth-order valence-electron chi connectivity index (χ4n) is 5.90. The third-order valence-electron chi connectivity index (χ3n) is 7.38. The Morgan fingerprint density at radius 1 is 1.18 bits per heavy atom. The monoisotopic (exact) mass is 403 g/mol.